The molecule has 0 saturated carbocycles. The van der Waals surface area contributed by atoms with Crippen LogP contribution in [-0.2, 0) is 33.2 Å². The molecule has 0 unspecified atom stereocenters. The molecule has 15 nitrogen and oxygen atoms in total. The smallest absolute Gasteiger partial charge is 0.311 e. The van der Waals surface area contributed by atoms with E-state index in [1.807, 2.05) is 32.8 Å². The lowest BCUT2D eigenvalue weighted by Gasteiger charge is -2.49. The topological polar surface area (TPSA) is 209 Å². The highest BCUT2D eigenvalue weighted by Gasteiger charge is 2.53. The molecule has 0 aromatic heterocycles. The third-order valence-corrected chi connectivity index (χ3v) is 11.4. The Morgan fingerprint density at radius 2 is 1.55 bits per heavy atom. The molecule has 3 aliphatic heterocycles. The molecule has 0 amide bonds. The number of ether oxygens (including phenoxy) is 6. The number of rotatable bonds is 7. The summed E-state index contributed by atoms with van der Waals surface area (Å²) in [5.41, 5.74) is -4.76. The Morgan fingerprint density at radius 1 is 0.922 bits per heavy atom. The minimum Gasteiger partial charge on any atom is -0.459 e. The predicted octanol–water partition coefficient (Wildman–Crippen LogP) is 0.283. The van der Waals surface area contributed by atoms with Crippen molar-refractivity contribution in [2.24, 2.45) is 11.8 Å². The molecule has 3 rings (SSSR count). The normalized spacial score (nSPS) is 49.9. The van der Waals surface area contributed by atoms with E-state index in [-0.39, 0.29) is 38.0 Å². The third-order valence-electron chi connectivity index (χ3n) is 11.4. The molecule has 3 fully saturated rings. The van der Waals surface area contributed by atoms with Gasteiger partial charge in [0.1, 0.15) is 36.1 Å². The molecule has 15 heteroatoms. The Balaban J connectivity index is 2.17. The molecule has 18 atom stereocenters. The molecule has 3 heterocycles. The fourth-order valence-electron chi connectivity index (χ4n) is 7.84. The maximum Gasteiger partial charge on any atom is 0.311 e. The predicted molar refractivity (Wildman–Crippen MR) is 186 cm³/mol. The summed E-state index contributed by atoms with van der Waals surface area (Å²) in [6.07, 6.45) is -12.0. The average molecular weight is 737 g/mol. The van der Waals surface area contributed by atoms with Crippen molar-refractivity contribution in [1.82, 2.24) is 10.2 Å². The van der Waals surface area contributed by atoms with Crippen molar-refractivity contribution in [3.63, 3.8) is 0 Å². The Bertz CT molecular complexity index is 1110. The summed E-state index contributed by atoms with van der Waals surface area (Å²) in [6.45, 7) is 15.1. The first-order valence-electron chi connectivity index (χ1n) is 18.4. The highest BCUT2D eigenvalue weighted by Crippen LogP contribution is 2.38. The quantitative estimate of drug-likeness (QED) is 0.175. The molecule has 0 aliphatic carbocycles. The fourth-order valence-corrected chi connectivity index (χ4v) is 7.84. The minimum absolute atomic E-state index is 0.0166. The van der Waals surface area contributed by atoms with Gasteiger partial charge in [0, 0.05) is 32.2 Å². The molecular weight excluding hydrogens is 668 g/mol. The van der Waals surface area contributed by atoms with Crippen LogP contribution in [0.25, 0.3) is 0 Å². The molecule has 3 aliphatic rings. The van der Waals surface area contributed by atoms with E-state index < -0.39 is 102 Å². The summed E-state index contributed by atoms with van der Waals surface area (Å²) in [5, 5.41) is 73.0. The molecule has 0 radical (unpaired) electrons. The second-order valence-corrected chi connectivity index (χ2v) is 16.3. The second-order valence-electron chi connectivity index (χ2n) is 16.3. The van der Waals surface area contributed by atoms with Crippen molar-refractivity contribution >= 4 is 5.97 Å². The zero-order valence-electron chi connectivity index (χ0n) is 32.7. The number of nitrogens with zero attached hydrogens (tertiary/aromatic N) is 1. The van der Waals surface area contributed by atoms with Gasteiger partial charge in [0.2, 0.25) is 0 Å². The number of aliphatic hydroxyl groups is 6. The number of esters is 1. The van der Waals surface area contributed by atoms with Gasteiger partial charge in [0.25, 0.3) is 0 Å². The van der Waals surface area contributed by atoms with E-state index in [0.717, 1.165) is 0 Å². The summed E-state index contributed by atoms with van der Waals surface area (Å²) >= 11 is 0. The highest BCUT2D eigenvalue weighted by molar-refractivity contribution is 5.73. The van der Waals surface area contributed by atoms with Crippen LogP contribution < -0.4 is 5.32 Å². The lowest BCUT2D eigenvalue weighted by atomic mass is 9.83. The SMILES string of the molecule is CC[C@H]1OC(=O)[C@H](C)[C@@H](O)[C@H](O[C@H]2C[C@@](C)(OC)[C@@H](O)[C@H](C)O2)[C@@H](O[C@@H]2O[C@H](C)C[C@H](N(C)C)[C@H]2O)[C@@](C)(O)C[C@@H](C)NC[C@H](C)[C@@H](O)[C@@]1(C)O. The van der Waals surface area contributed by atoms with Gasteiger partial charge >= 0.3 is 5.97 Å². The third kappa shape index (κ3) is 10.2. The Kier molecular flexibility index (Phi) is 15.3. The Labute approximate surface area is 303 Å². The minimum atomic E-state index is -1.84. The van der Waals surface area contributed by atoms with Gasteiger partial charge in [-0.1, -0.05) is 13.8 Å². The average Bonchev–Trinajstić information content (AvgIpc) is 3.05. The highest BCUT2D eigenvalue weighted by atomic mass is 16.7. The van der Waals surface area contributed by atoms with Crippen molar-refractivity contribution < 1.29 is 63.9 Å². The zero-order valence-corrected chi connectivity index (χ0v) is 32.7. The van der Waals surface area contributed by atoms with Crippen LogP contribution in [-0.4, -0.2) is 166 Å². The van der Waals surface area contributed by atoms with E-state index in [9.17, 15) is 35.4 Å². The molecule has 7 N–H and O–H groups in total. The van der Waals surface area contributed by atoms with E-state index >= 15 is 0 Å². The van der Waals surface area contributed by atoms with Gasteiger partial charge in [-0.2, -0.15) is 0 Å². The van der Waals surface area contributed by atoms with Crippen molar-refractivity contribution in [1.29, 1.82) is 0 Å². The van der Waals surface area contributed by atoms with Crippen molar-refractivity contribution in [3.8, 4) is 0 Å². The van der Waals surface area contributed by atoms with Crippen LogP contribution in [0.1, 0.15) is 88.0 Å². The van der Waals surface area contributed by atoms with Crippen LogP contribution in [0.15, 0.2) is 0 Å². The van der Waals surface area contributed by atoms with Gasteiger partial charge in [-0.05, 0) is 87.7 Å². The number of cyclic esters (lactones) is 1. The van der Waals surface area contributed by atoms with Gasteiger partial charge in [-0.3, -0.25) is 4.79 Å². The molecule has 0 aromatic rings. The standard InChI is InChI=1S/C36H68N2O13/c1-13-24-36(9,45)29(41)18(2)17-37-19(3)15-34(7,44)31(51-33-27(40)23(38(10)11)14-20(4)47-33)28(26(39)21(5)32(43)49-24)50-25-16-35(8,46-12)30(42)22(6)48-25/h18-31,33,37,39-42,44-45H,13-17H2,1-12H3/t18-,19+,20+,21+,22-,23-,24+,25-,26+,27+,28-,29+,30-,31+,33-,34-,35+,36-/m0/s1. The van der Waals surface area contributed by atoms with E-state index in [2.05, 4.69) is 5.32 Å². The lowest BCUT2D eigenvalue weighted by molar-refractivity contribution is -0.339. The van der Waals surface area contributed by atoms with Crippen LogP contribution in [0, 0.1) is 11.8 Å². The van der Waals surface area contributed by atoms with E-state index in [1.54, 1.807) is 27.7 Å². The van der Waals surface area contributed by atoms with Gasteiger partial charge in [-0.25, -0.2) is 0 Å². The zero-order chi connectivity index (χ0) is 38.8. The molecular formula is C36H68N2O13. The molecule has 51 heavy (non-hydrogen) atoms. The number of hydrogen-bond acceptors (Lipinski definition) is 15. The Hall–Kier alpha value is -1.05. The number of aliphatic hydroxyl groups excluding tert-OH is 4. The number of nitrogens with one attached hydrogen (secondary N) is 1. The summed E-state index contributed by atoms with van der Waals surface area (Å²) in [4.78, 5) is 15.7. The number of carbonyl (C=O) groups is 1. The molecule has 0 aromatic carbocycles. The number of carbonyl (C=O) groups excluding carboxylic acids is 1. The summed E-state index contributed by atoms with van der Waals surface area (Å²) < 4.78 is 36.8. The van der Waals surface area contributed by atoms with Crippen molar-refractivity contribution in [2.75, 3.05) is 27.7 Å². The molecule has 3 saturated heterocycles. The number of methoxy groups -OCH3 is 1. The molecule has 0 spiro atoms. The maximum absolute atomic E-state index is 13.8. The first-order valence-corrected chi connectivity index (χ1v) is 18.4. The lowest BCUT2D eigenvalue weighted by Crippen LogP contribution is -2.63. The monoisotopic (exact) mass is 736 g/mol. The van der Waals surface area contributed by atoms with Crippen molar-refractivity contribution in [3.05, 3.63) is 0 Å². The number of likely N-dealkylation sites (N-methyl/N-ethyl adjacent to an activating group) is 1. The summed E-state index contributed by atoms with van der Waals surface area (Å²) in [5.74, 6) is -2.70. The number of hydrogen-bond donors (Lipinski definition) is 7. The van der Waals surface area contributed by atoms with E-state index in [4.69, 9.17) is 28.4 Å². The van der Waals surface area contributed by atoms with E-state index in [0.29, 0.717) is 6.42 Å². The van der Waals surface area contributed by atoms with E-state index in [1.165, 1.54) is 27.9 Å². The van der Waals surface area contributed by atoms with Gasteiger partial charge in [0.15, 0.2) is 12.6 Å². The first kappa shape index (κ1) is 44.3. The van der Waals surface area contributed by atoms with Crippen LogP contribution in [0.2, 0.25) is 0 Å². The summed E-state index contributed by atoms with van der Waals surface area (Å²) in [6, 6.07) is -0.766. The first-order chi connectivity index (χ1) is 23.5. The van der Waals surface area contributed by atoms with Gasteiger partial charge in [0.05, 0.1) is 41.5 Å². The van der Waals surface area contributed by atoms with Crippen LogP contribution in [0.4, 0.5) is 0 Å². The van der Waals surface area contributed by atoms with Gasteiger partial charge < -0.3 is 69.3 Å². The van der Waals surface area contributed by atoms with Crippen LogP contribution >= 0.6 is 0 Å². The van der Waals surface area contributed by atoms with Crippen molar-refractivity contribution in [2.45, 2.75) is 184 Å². The Morgan fingerprint density at radius 3 is 2.12 bits per heavy atom. The van der Waals surface area contributed by atoms with Crippen LogP contribution in [0.5, 0.6) is 0 Å². The van der Waals surface area contributed by atoms with Gasteiger partial charge in [-0.15, -0.1) is 0 Å². The maximum atomic E-state index is 13.8. The molecule has 0 bridgehead atoms. The van der Waals surface area contributed by atoms with Crippen LogP contribution in [0.3, 0.4) is 0 Å². The molecule has 300 valence electrons. The summed E-state index contributed by atoms with van der Waals surface area (Å²) in [7, 11) is 5.13. The second kappa shape index (κ2) is 17.6. The fraction of sp³-hybridized carbons (Fsp3) is 0.972. The largest absolute Gasteiger partial charge is 0.459 e.